The van der Waals surface area contributed by atoms with E-state index in [2.05, 4.69) is 28.8 Å². The van der Waals surface area contributed by atoms with Crippen LogP contribution in [0.5, 0.6) is 0 Å². The molecule has 168 valence electrons. The van der Waals surface area contributed by atoms with Crippen LogP contribution in [0.1, 0.15) is 31.4 Å². The summed E-state index contributed by atoms with van der Waals surface area (Å²) in [7, 11) is -3.59. The summed E-state index contributed by atoms with van der Waals surface area (Å²) in [4.78, 5) is 12.7. The lowest BCUT2D eigenvalue weighted by Gasteiger charge is -2.18. The van der Waals surface area contributed by atoms with Gasteiger partial charge in [0.1, 0.15) is 0 Å². The number of fused-ring (bicyclic) bond motifs is 1. The quantitative estimate of drug-likeness (QED) is 0.529. The zero-order valence-electron chi connectivity index (χ0n) is 17.8. The van der Waals surface area contributed by atoms with Crippen LogP contribution < -0.4 is 10.6 Å². The molecular formula is C24H26ClN3O3S. The Morgan fingerprint density at radius 2 is 1.78 bits per heavy atom. The van der Waals surface area contributed by atoms with E-state index in [9.17, 15) is 13.2 Å². The van der Waals surface area contributed by atoms with Crippen molar-refractivity contribution in [3.05, 3.63) is 71.2 Å². The number of hydrogen-bond donors (Lipinski definition) is 2. The third kappa shape index (κ3) is 4.81. The third-order valence-electron chi connectivity index (χ3n) is 5.77. The van der Waals surface area contributed by atoms with Gasteiger partial charge in [0.2, 0.25) is 15.9 Å². The Kier molecular flexibility index (Phi) is 6.81. The molecule has 1 heterocycles. The van der Waals surface area contributed by atoms with Crippen molar-refractivity contribution in [1.82, 2.24) is 9.62 Å². The average molecular weight is 472 g/mol. The number of halogens is 1. The number of benzene rings is 3. The van der Waals surface area contributed by atoms with Crippen LogP contribution >= 0.6 is 11.6 Å². The highest BCUT2D eigenvalue weighted by Gasteiger charge is 2.27. The minimum Gasteiger partial charge on any atom is -0.324 e. The van der Waals surface area contributed by atoms with Gasteiger partial charge in [-0.05, 0) is 54.3 Å². The monoisotopic (exact) mass is 471 g/mol. The molecule has 0 saturated carbocycles. The maximum absolute atomic E-state index is 12.8. The highest BCUT2D eigenvalue weighted by molar-refractivity contribution is 7.89. The maximum Gasteiger partial charge on any atom is 0.243 e. The Balaban J connectivity index is 1.44. The van der Waals surface area contributed by atoms with Gasteiger partial charge in [-0.15, -0.1) is 0 Å². The molecular weight excluding hydrogens is 446 g/mol. The second-order valence-electron chi connectivity index (χ2n) is 7.97. The van der Waals surface area contributed by atoms with Crippen molar-refractivity contribution in [2.24, 2.45) is 0 Å². The topological polar surface area (TPSA) is 78.5 Å². The van der Waals surface area contributed by atoms with Crippen LogP contribution in [0.25, 0.3) is 10.8 Å². The summed E-state index contributed by atoms with van der Waals surface area (Å²) in [5.41, 5.74) is 1.39. The lowest BCUT2D eigenvalue weighted by molar-refractivity contribution is -0.115. The van der Waals surface area contributed by atoms with Crippen LogP contribution in [-0.2, 0) is 14.8 Å². The van der Waals surface area contributed by atoms with E-state index in [0.717, 1.165) is 29.2 Å². The highest BCUT2D eigenvalue weighted by atomic mass is 35.5. The largest absolute Gasteiger partial charge is 0.324 e. The summed E-state index contributed by atoms with van der Waals surface area (Å²) in [5.74, 6) is -0.297. The smallest absolute Gasteiger partial charge is 0.243 e. The van der Waals surface area contributed by atoms with Crippen molar-refractivity contribution in [2.45, 2.75) is 30.7 Å². The molecule has 1 atom stereocenters. The van der Waals surface area contributed by atoms with Crippen molar-refractivity contribution in [2.75, 3.05) is 25.0 Å². The first-order chi connectivity index (χ1) is 15.4. The van der Waals surface area contributed by atoms with Crippen LogP contribution in [0.2, 0.25) is 5.02 Å². The lowest BCUT2D eigenvalue weighted by Crippen LogP contribution is -2.30. The van der Waals surface area contributed by atoms with Gasteiger partial charge < -0.3 is 10.6 Å². The molecule has 4 rings (SSSR count). The number of amides is 1. The van der Waals surface area contributed by atoms with Crippen molar-refractivity contribution in [3.8, 4) is 0 Å². The number of anilines is 1. The maximum atomic E-state index is 12.8. The molecule has 3 aromatic carbocycles. The van der Waals surface area contributed by atoms with Crippen LogP contribution in [0.15, 0.2) is 65.6 Å². The number of rotatable bonds is 7. The van der Waals surface area contributed by atoms with Crippen molar-refractivity contribution < 1.29 is 13.2 Å². The third-order valence-corrected chi connectivity index (χ3v) is 8.00. The number of sulfonamides is 1. The van der Waals surface area contributed by atoms with E-state index in [4.69, 9.17) is 11.6 Å². The molecule has 32 heavy (non-hydrogen) atoms. The Hall–Kier alpha value is -2.45. The van der Waals surface area contributed by atoms with E-state index < -0.39 is 10.0 Å². The molecule has 0 bridgehead atoms. The van der Waals surface area contributed by atoms with Crippen LogP contribution in [0, 0.1) is 0 Å². The SMILES string of the molecule is CC(NCC(=O)Nc1cc(S(=O)(=O)N2CCCC2)ccc1Cl)c1cccc2ccccc12. The fourth-order valence-corrected chi connectivity index (χ4v) is 5.73. The number of nitrogens with zero attached hydrogens (tertiary/aromatic N) is 1. The van der Waals surface area contributed by atoms with E-state index in [0.29, 0.717) is 18.1 Å². The zero-order chi connectivity index (χ0) is 22.7. The molecule has 0 aromatic heterocycles. The van der Waals surface area contributed by atoms with Crippen molar-refractivity contribution in [1.29, 1.82) is 0 Å². The van der Waals surface area contributed by atoms with E-state index >= 15 is 0 Å². The molecule has 8 heteroatoms. The average Bonchev–Trinajstić information content (AvgIpc) is 3.34. The van der Waals surface area contributed by atoms with Gasteiger partial charge in [-0.3, -0.25) is 4.79 Å². The molecule has 3 aromatic rings. The fraction of sp³-hybridized carbons (Fsp3) is 0.292. The summed E-state index contributed by atoms with van der Waals surface area (Å²) in [5, 5.41) is 8.55. The Morgan fingerprint density at radius 3 is 2.56 bits per heavy atom. The number of hydrogen-bond acceptors (Lipinski definition) is 4. The molecule has 0 radical (unpaired) electrons. The highest BCUT2D eigenvalue weighted by Crippen LogP contribution is 2.28. The predicted octanol–water partition coefficient (Wildman–Crippen LogP) is 4.57. The molecule has 0 aliphatic carbocycles. The first-order valence-corrected chi connectivity index (χ1v) is 12.5. The minimum atomic E-state index is -3.59. The number of carbonyl (C=O) groups is 1. The first kappa shape index (κ1) is 22.7. The van der Waals surface area contributed by atoms with Gasteiger partial charge in [-0.1, -0.05) is 54.1 Å². The lowest BCUT2D eigenvalue weighted by atomic mass is 10.00. The minimum absolute atomic E-state index is 0.0517. The summed E-state index contributed by atoms with van der Waals surface area (Å²) >= 11 is 6.23. The van der Waals surface area contributed by atoms with Crippen molar-refractivity contribution in [3.63, 3.8) is 0 Å². The molecule has 6 nitrogen and oxygen atoms in total. The Labute approximate surface area is 193 Å². The van der Waals surface area contributed by atoms with E-state index in [-0.39, 0.29) is 29.1 Å². The standard InChI is InChI=1S/C24H26ClN3O3S/c1-17(20-10-6-8-18-7-2-3-9-21(18)20)26-16-24(29)27-23-15-19(11-12-22(23)25)32(30,31)28-13-4-5-14-28/h2-3,6-12,15,17,26H,4-5,13-14,16H2,1H3,(H,27,29). The molecule has 1 aliphatic rings. The van der Waals surface area contributed by atoms with Gasteiger partial charge in [0.15, 0.2) is 0 Å². The molecule has 0 spiro atoms. The molecule has 1 unspecified atom stereocenters. The summed E-state index contributed by atoms with van der Waals surface area (Å²) < 4.78 is 27.1. The number of nitrogens with one attached hydrogen (secondary N) is 2. The molecule has 1 fully saturated rings. The van der Waals surface area contributed by atoms with E-state index in [1.807, 2.05) is 31.2 Å². The molecule has 2 N–H and O–H groups in total. The van der Waals surface area contributed by atoms with Gasteiger partial charge >= 0.3 is 0 Å². The van der Waals surface area contributed by atoms with Crippen LogP contribution in [0.4, 0.5) is 5.69 Å². The van der Waals surface area contributed by atoms with E-state index in [1.54, 1.807) is 0 Å². The zero-order valence-corrected chi connectivity index (χ0v) is 19.4. The molecule has 1 saturated heterocycles. The summed E-state index contributed by atoms with van der Waals surface area (Å²) in [6.07, 6.45) is 1.72. The van der Waals surface area contributed by atoms with Crippen molar-refractivity contribution >= 4 is 44.0 Å². The van der Waals surface area contributed by atoms with Gasteiger partial charge in [0.25, 0.3) is 0 Å². The van der Waals surface area contributed by atoms with Gasteiger partial charge in [-0.25, -0.2) is 8.42 Å². The van der Waals surface area contributed by atoms with Crippen LogP contribution in [-0.4, -0.2) is 38.3 Å². The van der Waals surface area contributed by atoms with E-state index in [1.165, 1.54) is 22.5 Å². The van der Waals surface area contributed by atoms with Gasteiger partial charge in [0.05, 0.1) is 22.2 Å². The summed E-state index contributed by atoms with van der Waals surface area (Å²) in [6.45, 7) is 3.10. The molecule has 1 aliphatic heterocycles. The Morgan fingerprint density at radius 1 is 1.06 bits per heavy atom. The molecule has 1 amide bonds. The Bertz CT molecular complexity index is 1230. The number of carbonyl (C=O) groups excluding carboxylic acids is 1. The van der Waals surface area contributed by atoms with Gasteiger partial charge in [-0.2, -0.15) is 4.31 Å². The second-order valence-corrected chi connectivity index (χ2v) is 10.3. The predicted molar refractivity (Wildman–Crippen MR) is 128 cm³/mol. The first-order valence-electron chi connectivity index (χ1n) is 10.7. The van der Waals surface area contributed by atoms with Crippen LogP contribution in [0.3, 0.4) is 0 Å². The fourth-order valence-electron chi connectivity index (χ4n) is 4.02. The second kappa shape index (κ2) is 9.58. The van der Waals surface area contributed by atoms with Gasteiger partial charge in [0, 0.05) is 19.1 Å². The normalized spacial score (nSPS) is 15.7. The summed E-state index contributed by atoms with van der Waals surface area (Å²) in [6, 6.07) is 18.6.